The number of aliphatic hydroxyl groups excluding tert-OH is 2. The fourth-order valence-corrected chi connectivity index (χ4v) is 16.2. The molecule has 0 saturated carbocycles. The van der Waals surface area contributed by atoms with Gasteiger partial charge in [0.05, 0.1) is 26.4 Å². The van der Waals surface area contributed by atoms with Gasteiger partial charge >= 0.3 is 33.6 Å². The summed E-state index contributed by atoms with van der Waals surface area (Å²) in [7, 11) is -9.82. The number of phosphoric ester groups is 2. The third kappa shape index (κ3) is 105. The summed E-state index contributed by atoms with van der Waals surface area (Å²) in [6.45, 7) is 2.50. The number of rotatable bonds is 100. The van der Waals surface area contributed by atoms with Crippen molar-refractivity contribution < 1.29 is 75.8 Å². The summed E-state index contributed by atoms with van der Waals surface area (Å²) < 4.78 is 61.8. The van der Waals surface area contributed by atoms with Gasteiger partial charge in [0.25, 0.3) is 0 Å². The fraction of sp³-hybridized carbons (Fsp3) is 0.708. The van der Waals surface area contributed by atoms with Crippen LogP contribution in [0.25, 0.3) is 0 Å². The highest BCUT2D eigenvalue weighted by molar-refractivity contribution is 7.47. The molecule has 752 valence electrons. The second kappa shape index (κ2) is 104. The van der Waals surface area contributed by atoms with Crippen LogP contribution in [0, 0.1) is 0 Å². The summed E-state index contributed by atoms with van der Waals surface area (Å²) in [5, 5.41) is 20.8. The Balaban J connectivity index is 4.58. The number of carbonyl (C=O) groups is 3. The minimum Gasteiger partial charge on any atom is -0.463 e. The molecular formula is C113H194O16P2. The summed E-state index contributed by atoms with van der Waals surface area (Å²) in [6, 6.07) is 0. The molecule has 5 unspecified atom stereocenters. The van der Waals surface area contributed by atoms with Crippen molar-refractivity contribution >= 4 is 33.6 Å². The van der Waals surface area contributed by atoms with Crippen LogP contribution in [0.1, 0.15) is 457 Å². The van der Waals surface area contributed by atoms with E-state index in [9.17, 15) is 43.5 Å². The second-order valence-corrected chi connectivity index (χ2v) is 38.2. The highest BCUT2D eigenvalue weighted by Gasteiger charge is 2.30. The summed E-state index contributed by atoms with van der Waals surface area (Å²) in [5.74, 6) is -1.56. The number of carbonyl (C=O) groups excluding carboxylic acids is 3. The first-order valence-electron chi connectivity index (χ1n) is 53.1. The molecule has 0 radical (unpaired) electrons. The van der Waals surface area contributed by atoms with Gasteiger partial charge in [0, 0.05) is 19.3 Å². The largest absolute Gasteiger partial charge is 0.472 e. The lowest BCUT2D eigenvalue weighted by atomic mass is 10.0. The molecule has 0 bridgehead atoms. The van der Waals surface area contributed by atoms with Crippen molar-refractivity contribution in [2.45, 2.75) is 476 Å². The molecule has 131 heavy (non-hydrogen) atoms. The summed E-state index contributed by atoms with van der Waals surface area (Å²) in [6.07, 6.45) is 138. The number of allylic oxidation sites excluding steroid dienone is 30. The average Bonchev–Trinajstić information content (AvgIpc) is 0.899. The number of aliphatic hydroxyl groups is 2. The zero-order valence-electron chi connectivity index (χ0n) is 83.5. The number of phosphoric acid groups is 2. The van der Waals surface area contributed by atoms with Gasteiger partial charge in [0.2, 0.25) is 0 Å². The predicted octanol–water partition coefficient (Wildman–Crippen LogP) is 33.9. The van der Waals surface area contributed by atoms with Crippen LogP contribution in [0.4, 0.5) is 0 Å². The highest BCUT2D eigenvalue weighted by Crippen LogP contribution is 2.45. The van der Waals surface area contributed by atoms with Gasteiger partial charge < -0.3 is 34.2 Å². The first-order chi connectivity index (χ1) is 64.2. The van der Waals surface area contributed by atoms with Crippen molar-refractivity contribution in [3.05, 3.63) is 182 Å². The molecule has 0 aliphatic carbocycles. The van der Waals surface area contributed by atoms with Crippen molar-refractivity contribution in [3.8, 4) is 0 Å². The van der Waals surface area contributed by atoms with Crippen LogP contribution >= 0.6 is 15.6 Å². The Labute approximate surface area is 802 Å². The maximum atomic E-state index is 13.1. The monoisotopic (exact) mass is 1870 g/mol. The van der Waals surface area contributed by atoms with Gasteiger partial charge in [-0.15, -0.1) is 0 Å². The van der Waals surface area contributed by atoms with E-state index in [0.717, 1.165) is 173 Å². The van der Waals surface area contributed by atoms with Crippen molar-refractivity contribution in [1.29, 1.82) is 0 Å². The van der Waals surface area contributed by atoms with Crippen LogP contribution in [0.15, 0.2) is 182 Å². The highest BCUT2D eigenvalue weighted by atomic mass is 31.2. The van der Waals surface area contributed by atoms with Crippen molar-refractivity contribution in [2.24, 2.45) is 0 Å². The quantitative estimate of drug-likeness (QED) is 0.0146. The molecule has 0 heterocycles. The van der Waals surface area contributed by atoms with Crippen LogP contribution in [0.3, 0.4) is 0 Å². The van der Waals surface area contributed by atoms with Gasteiger partial charge in [0.15, 0.2) is 6.10 Å². The van der Waals surface area contributed by atoms with E-state index in [1.165, 1.54) is 225 Å². The molecular weight excluding hydrogens is 1680 g/mol. The maximum absolute atomic E-state index is 13.1. The molecule has 0 saturated heterocycles. The van der Waals surface area contributed by atoms with E-state index in [2.05, 4.69) is 203 Å². The van der Waals surface area contributed by atoms with E-state index in [-0.39, 0.29) is 19.3 Å². The van der Waals surface area contributed by atoms with Gasteiger partial charge in [-0.1, -0.05) is 460 Å². The van der Waals surface area contributed by atoms with E-state index in [1.54, 1.807) is 0 Å². The van der Waals surface area contributed by atoms with Crippen molar-refractivity contribution in [1.82, 2.24) is 0 Å². The van der Waals surface area contributed by atoms with Crippen molar-refractivity contribution in [3.63, 3.8) is 0 Å². The standard InChI is InChI=1S/C113H194O16P2/c1-4-7-10-13-16-19-22-25-28-31-34-37-40-43-46-48-50-52-53-55-57-58-61-63-66-69-72-75-78-81-84-87-90-93-96-99-111(116)123-102-108(114)103-125-130(119,120)126-104-109(115)105-127-131(121,122)128-107-110(129-113(118)101-98-95-92-89-86-83-80-77-74-71-68-65-60-45-42-39-36-33-30-27-24-21-18-15-12-9-6-3)106-124-112(117)100-97-94-91-88-85-82-79-76-73-70-67-64-62-59-56-54-51-49-47-44-41-38-35-32-29-26-23-20-17-14-11-8-5-2/h7-8,10-11,16-21,25-30,34-39,43-47,51,54,60,108-110,114-115H,4-6,9,12-15,22-24,31-33,40-42,48-50,52-53,55-59,61-107H2,1-3H3,(H,119,120)(H,121,122)/b10-7-,11-8-,19-16-,20-17-,21-18-,28-25-,29-26-,30-27-,37-34-,38-35-,39-36-,46-43-,47-44-,54-51-,60-45-. The zero-order chi connectivity index (χ0) is 95.0. The van der Waals surface area contributed by atoms with Crippen LogP contribution in [0.2, 0.25) is 0 Å². The third-order valence-electron chi connectivity index (χ3n) is 22.6. The van der Waals surface area contributed by atoms with Gasteiger partial charge in [-0.2, -0.15) is 0 Å². The number of hydrogen-bond acceptors (Lipinski definition) is 14. The van der Waals surface area contributed by atoms with Crippen LogP contribution < -0.4 is 0 Å². The molecule has 0 aromatic rings. The molecule has 5 atom stereocenters. The van der Waals surface area contributed by atoms with Gasteiger partial charge in [-0.05, 0) is 161 Å². The summed E-state index contributed by atoms with van der Waals surface area (Å²) in [5.41, 5.74) is 0. The molecule has 0 aromatic carbocycles. The molecule has 0 spiro atoms. The zero-order valence-corrected chi connectivity index (χ0v) is 85.2. The number of unbranched alkanes of at least 4 members (excludes halogenated alkanes) is 47. The Hall–Kier alpha value is -5.35. The first-order valence-corrected chi connectivity index (χ1v) is 56.1. The van der Waals surface area contributed by atoms with E-state index in [1.807, 2.05) is 0 Å². The first kappa shape index (κ1) is 126. The van der Waals surface area contributed by atoms with E-state index in [4.69, 9.17) is 32.3 Å². The molecule has 0 fully saturated rings. The van der Waals surface area contributed by atoms with Crippen LogP contribution in [-0.2, 0) is 55.8 Å². The Bertz CT molecular complexity index is 3110. The van der Waals surface area contributed by atoms with Crippen molar-refractivity contribution in [2.75, 3.05) is 39.6 Å². The summed E-state index contributed by atoms with van der Waals surface area (Å²) >= 11 is 0. The smallest absolute Gasteiger partial charge is 0.463 e. The number of ether oxygens (including phenoxy) is 3. The minimum absolute atomic E-state index is 0.0979. The molecule has 0 amide bonds. The molecule has 0 aliphatic heterocycles. The van der Waals surface area contributed by atoms with Gasteiger partial charge in [-0.25, -0.2) is 9.13 Å². The maximum Gasteiger partial charge on any atom is 0.472 e. The normalized spacial score (nSPS) is 14.3. The fourth-order valence-electron chi connectivity index (χ4n) is 14.7. The topological polar surface area (TPSA) is 231 Å². The molecule has 0 aromatic heterocycles. The molecule has 0 aliphatic rings. The minimum atomic E-state index is -4.95. The second-order valence-electron chi connectivity index (χ2n) is 35.3. The van der Waals surface area contributed by atoms with E-state index in [0.29, 0.717) is 19.3 Å². The van der Waals surface area contributed by atoms with Crippen LogP contribution in [-0.4, -0.2) is 95.9 Å². The molecule has 0 rings (SSSR count). The van der Waals surface area contributed by atoms with Gasteiger partial charge in [0.1, 0.15) is 25.4 Å². The number of hydrogen-bond donors (Lipinski definition) is 4. The average molecular weight is 1870 g/mol. The Morgan fingerprint density at radius 2 is 0.405 bits per heavy atom. The lowest BCUT2D eigenvalue weighted by Gasteiger charge is -2.21. The van der Waals surface area contributed by atoms with Crippen LogP contribution in [0.5, 0.6) is 0 Å². The Kier molecular flexibility index (Phi) is 99.3. The molecule has 16 nitrogen and oxygen atoms in total. The molecule has 18 heteroatoms. The van der Waals surface area contributed by atoms with Gasteiger partial charge in [-0.3, -0.25) is 32.5 Å². The SMILES string of the molecule is CC/C=C\C/C=C\C/C=C\C/C=C\C/C=C\C/C=C\CCCCCCCCCCCCCCCCC(=O)OCC(COP(=O)(O)OCC(O)COP(=O)(O)OCC(O)COC(=O)CCCCCCCCCCCCCCCCCCCCC/C=C\C/C=C\C/C=C\C/C=C\C/C=C\CC)OC(=O)CCCCCCCCCCCCC/C=C\C/C=C\C/C=C\C/C=C\CCCCC. The third-order valence-corrected chi connectivity index (χ3v) is 24.5. The lowest BCUT2D eigenvalue weighted by Crippen LogP contribution is -2.30. The molecule has 4 N–H and O–H groups in total. The lowest BCUT2D eigenvalue weighted by molar-refractivity contribution is -0.161. The predicted molar refractivity (Wildman–Crippen MR) is 555 cm³/mol. The summed E-state index contributed by atoms with van der Waals surface area (Å²) in [4.78, 5) is 59.3. The van der Waals surface area contributed by atoms with E-state index < -0.39 is 91.5 Å². The Morgan fingerprint density at radius 3 is 0.641 bits per heavy atom. The number of esters is 3. The Morgan fingerprint density at radius 1 is 0.221 bits per heavy atom. The van der Waals surface area contributed by atoms with E-state index >= 15 is 0 Å².